The van der Waals surface area contributed by atoms with Crippen molar-refractivity contribution in [1.29, 1.82) is 0 Å². The van der Waals surface area contributed by atoms with Gasteiger partial charge in [-0.25, -0.2) is 4.98 Å². The molecule has 5 nitrogen and oxygen atoms in total. The van der Waals surface area contributed by atoms with E-state index in [1.807, 2.05) is 13.0 Å². The van der Waals surface area contributed by atoms with Gasteiger partial charge >= 0.3 is 0 Å². The zero-order chi connectivity index (χ0) is 20.2. The number of β-amino-alcohol motifs (C(OH)–C–C–N with tert-alkyl or cyclic N) is 1. The van der Waals surface area contributed by atoms with E-state index in [1.54, 1.807) is 0 Å². The summed E-state index contributed by atoms with van der Waals surface area (Å²) in [7, 11) is 2.22. The van der Waals surface area contributed by atoms with Gasteiger partial charge in [0, 0.05) is 31.4 Å². The van der Waals surface area contributed by atoms with Gasteiger partial charge in [-0.3, -0.25) is 0 Å². The van der Waals surface area contributed by atoms with Crippen LogP contribution in [0, 0.1) is 5.92 Å². The molecule has 1 atom stereocenters. The molecule has 29 heavy (non-hydrogen) atoms. The van der Waals surface area contributed by atoms with Gasteiger partial charge in [-0.1, -0.05) is 36.4 Å². The highest BCUT2D eigenvalue weighted by Crippen LogP contribution is 2.26. The topological polar surface area (TPSA) is 44.0 Å². The summed E-state index contributed by atoms with van der Waals surface area (Å²) in [5.41, 5.74) is 4.50. The molecule has 1 saturated heterocycles. The Morgan fingerprint density at radius 2 is 1.83 bits per heavy atom. The summed E-state index contributed by atoms with van der Waals surface area (Å²) in [6.45, 7) is 6.83. The average molecular weight is 393 g/mol. The summed E-state index contributed by atoms with van der Waals surface area (Å²) in [6.07, 6.45) is 4.29. The van der Waals surface area contributed by atoms with E-state index in [2.05, 4.69) is 69.9 Å². The summed E-state index contributed by atoms with van der Waals surface area (Å²) in [5, 5.41) is 9.61. The van der Waals surface area contributed by atoms with Crippen molar-refractivity contribution < 1.29 is 5.11 Å². The van der Waals surface area contributed by atoms with Crippen molar-refractivity contribution in [2.24, 2.45) is 5.92 Å². The van der Waals surface area contributed by atoms with E-state index in [9.17, 15) is 5.11 Å². The average Bonchev–Trinajstić information content (AvgIpc) is 3.08. The number of hydrogen-bond acceptors (Lipinski definition) is 4. The molecule has 5 heteroatoms. The predicted molar refractivity (Wildman–Crippen MR) is 118 cm³/mol. The van der Waals surface area contributed by atoms with Crippen LogP contribution in [-0.2, 0) is 6.54 Å². The Kier molecular flexibility index (Phi) is 6.28. The van der Waals surface area contributed by atoms with Gasteiger partial charge in [0.15, 0.2) is 0 Å². The van der Waals surface area contributed by atoms with Crippen LogP contribution in [0.15, 0.2) is 54.7 Å². The van der Waals surface area contributed by atoms with Gasteiger partial charge in [-0.2, -0.15) is 0 Å². The lowest BCUT2D eigenvalue weighted by atomic mass is 9.96. The third kappa shape index (κ3) is 4.86. The molecule has 0 bridgehead atoms. The van der Waals surface area contributed by atoms with Crippen LogP contribution in [0.25, 0.3) is 16.9 Å². The van der Waals surface area contributed by atoms with Crippen molar-refractivity contribution in [1.82, 2.24) is 19.2 Å². The molecule has 0 saturated carbocycles. The lowest BCUT2D eigenvalue weighted by Gasteiger charge is -2.34. The molecule has 1 aliphatic heterocycles. The fraction of sp³-hybridized carbons (Fsp3) is 0.458. The predicted octanol–water partition coefficient (Wildman–Crippen LogP) is 3.53. The molecule has 1 N–H and O–H groups in total. The van der Waals surface area contributed by atoms with Crippen LogP contribution in [0.5, 0.6) is 0 Å². The first kappa shape index (κ1) is 20.1. The Balaban J connectivity index is 1.46. The molecule has 0 spiro atoms. The number of fused-ring (bicyclic) bond motifs is 1. The minimum Gasteiger partial charge on any atom is -0.392 e. The van der Waals surface area contributed by atoms with E-state index in [-0.39, 0.29) is 6.10 Å². The van der Waals surface area contributed by atoms with Crippen LogP contribution in [-0.4, -0.2) is 63.6 Å². The quantitative estimate of drug-likeness (QED) is 0.668. The van der Waals surface area contributed by atoms with Crippen LogP contribution < -0.4 is 0 Å². The molecule has 3 heterocycles. The Morgan fingerprint density at radius 1 is 1.10 bits per heavy atom. The van der Waals surface area contributed by atoms with E-state index >= 15 is 0 Å². The highest BCUT2D eigenvalue weighted by molar-refractivity contribution is 5.66. The van der Waals surface area contributed by atoms with Crippen molar-refractivity contribution in [2.75, 3.05) is 33.2 Å². The van der Waals surface area contributed by atoms with Gasteiger partial charge in [0.2, 0.25) is 0 Å². The molecule has 1 aliphatic rings. The summed E-state index contributed by atoms with van der Waals surface area (Å²) in [5.74, 6) is 0.713. The molecule has 154 valence electrons. The molecule has 1 unspecified atom stereocenters. The molecule has 0 amide bonds. The minimum atomic E-state index is -0.235. The van der Waals surface area contributed by atoms with Crippen LogP contribution in [0.2, 0.25) is 0 Å². The third-order valence-electron chi connectivity index (χ3n) is 5.90. The van der Waals surface area contributed by atoms with Crippen molar-refractivity contribution in [3.63, 3.8) is 0 Å². The monoisotopic (exact) mass is 392 g/mol. The maximum absolute atomic E-state index is 9.61. The van der Waals surface area contributed by atoms with E-state index in [0.717, 1.165) is 44.1 Å². The Labute approximate surface area is 173 Å². The second-order valence-electron chi connectivity index (χ2n) is 8.49. The molecule has 1 fully saturated rings. The Hall–Kier alpha value is -2.21. The van der Waals surface area contributed by atoms with Gasteiger partial charge in [0.25, 0.3) is 0 Å². The second-order valence-corrected chi connectivity index (χ2v) is 8.49. The first-order valence-electron chi connectivity index (χ1n) is 10.7. The number of aliphatic hydroxyl groups excluding tert-OH is 1. The number of likely N-dealkylation sites (tertiary alicyclic amines) is 1. The first-order chi connectivity index (χ1) is 14.1. The van der Waals surface area contributed by atoms with Crippen LogP contribution >= 0.6 is 0 Å². The minimum absolute atomic E-state index is 0.235. The van der Waals surface area contributed by atoms with E-state index < -0.39 is 0 Å². The largest absolute Gasteiger partial charge is 0.392 e. The summed E-state index contributed by atoms with van der Waals surface area (Å²) in [4.78, 5) is 9.76. The van der Waals surface area contributed by atoms with E-state index in [4.69, 9.17) is 4.98 Å². The lowest BCUT2D eigenvalue weighted by Crippen LogP contribution is -2.40. The van der Waals surface area contributed by atoms with Crippen molar-refractivity contribution in [3.8, 4) is 11.3 Å². The lowest BCUT2D eigenvalue weighted by molar-refractivity contribution is 0.0918. The summed E-state index contributed by atoms with van der Waals surface area (Å²) < 4.78 is 2.23. The molecule has 4 rings (SSSR count). The zero-order valence-corrected chi connectivity index (χ0v) is 17.5. The highest BCUT2D eigenvalue weighted by Gasteiger charge is 2.22. The van der Waals surface area contributed by atoms with Crippen LogP contribution in [0.1, 0.15) is 25.5 Å². The smallest absolute Gasteiger partial charge is 0.137 e. The van der Waals surface area contributed by atoms with Crippen molar-refractivity contribution >= 4 is 5.65 Å². The Bertz CT molecular complexity index is 913. The van der Waals surface area contributed by atoms with Gasteiger partial charge < -0.3 is 19.3 Å². The maximum Gasteiger partial charge on any atom is 0.137 e. The Morgan fingerprint density at radius 3 is 2.55 bits per heavy atom. The maximum atomic E-state index is 9.61. The molecule has 2 aromatic heterocycles. The van der Waals surface area contributed by atoms with Gasteiger partial charge in [0.05, 0.1) is 17.5 Å². The molecular formula is C24H32N4O. The normalized spacial score (nSPS) is 17.2. The zero-order valence-electron chi connectivity index (χ0n) is 17.5. The molecular weight excluding hydrogens is 360 g/mol. The van der Waals surface area contributed by atoms with Crippen molar-refractivity contribution in [2.45, 2.75) is 32.4 Å². The summed E-state index contributed by atoms with van der Waals surface area (Å²) in [6, 6.07) is 16.7. The first-order valence-corrected chi connectivity index (χ1v) is 10.7. The SMILES string of the molecule is CC(O)CN1CCC(CN(C)Cc2c(-c3ccccc3)nc3ccccn23)CC1. The van der Waals surface area contributed by atoms with Gasteiger partial charge in [0.1, 0.15) is 5.65 Å². The number of benzene rings is 1. The van der Waals surface area contributed by atoms with Crippen LogP contribution in [0.4, 0.5) is 0 Å². The highest BCUT2D eigenvalue weighted by atomic mass is 16.3. The molecule has 1 aromatic carbocycles. The molecule has 0 radical (unpaired) electrons. The second kappa shape index (κ2) is 9.08. The van der Waals surface area contributed by atoms with E-state index in [1.165, 1.54) is 24.1 Å². The molecule has 0 aliphatic carbocycles. The number of aliphatic hydroxyl groups is 1. The van der Waals surface area contributed by atoms with Crippen molar-refractivity contribution in [3.05, 3.63) is 60.4 Å². The molecule has 3 aromatic rings. The number of nitrogens with zero attached hydrogens (tertiary/aromatic N) is 4. The third-order valence-corrected chi connectivity index (χ3v) is 5.90. The fourth-order valence-corrected chi connectivity index (χ4v) is 4.51. The fourth-order valence-electron chi connectivity index (χ4n) is 4.51. The van der Waals surface area contributed by atoms with E-state index in [0.29, 0.717) is 5.92 Å². The number of piperidine rings is 1. The van der Waals surface area contributed by atoms with Gasteiger partial charge in [-0.05, 0) is 58.0 Å². The summed E-state index contributed by atoms with van der Waals surface area (Å²) >= 11 is 0. The number of pyridine rings is 1. The van der Waals surface area contributed by atoms with Crippen LogP contribution in [0.3, 0.4) is 0 Å². The number of hydrogen-bond donors (Lipinski definition) is 1. The number of imidazole rings is 1. The number of aromatic nitrogens is 2. The standard InChI is InChI=1S/C24H32N4O/c1-19(29)16-27-14-11-20(12-15-27)17-26(2)18-22-24(21-8-4-3-5-9-21)25-23-10-6-7-13-28(22)23/h3-10,13,19-20,29H,11-12,14-18H2,1-2H3. The number of rotatable bonds is 7. The van der Waals surface area contributed by atoms with Gasteiger partial charge in [-0.15, -0.1) is 0 Å².